The normalized spacial score (nSPS) is 17.5. The average Bonchev–Trinajstić information content (AvgIpc) is 2.90. The predicted octanol–water partition coefficient (Wildman–Crippen LogP) is 0.912. The number of amidine groups is 1. The zero-order valence-electron chi connectivity index (χ0n) is 11.0. The van der Waals surface area contributed by atoms with Crippen molar-refractivity contribution in [3.8, 4) is 5.75 Å². The van der Waals surface area contributed by atoms with Crippen molar-refractivity contribution >= 4 is 17.6 Å². The minimum Gasteiger partial charge on any atom is -0.484 e. The van der Waals surface area contributed by atoms with Crippen LogP contribution >= 0.6 is 0 Å². The molecule has 1 fully saturated rings. The topological polar surface area (TPSA) is 109 Å². The van der Waals surface area contributed by atoms with Crippen molar-refractivity contribution in [2.75, 3.05) is 25.1 Å². The van der Waals surface area contributed by atoms with Crippen LogP contribution in [-0.2, 0) is 4.74 Å². The monoisotopic (exact) mass is 278 g/mol. The van der Waals surface area contributed by atoms with E-state index in [4.69, 9.17) is 20.6 Å². The number of hydrogen-bond acceptors (Lipinski definition) is 4. The first-order valence-electron chi connectivity index (χ1n) is 6.35. The van der Waals surface area contributed by atoms with E-state index in [1.165, 1.54) is 0 Å². The molecule has 1 saturated heterocycles. The van der Waals surface area contributed by atoms with E-state index >= 15 is 0 Å². The lowest BCUT2D eigenvalue weighted by molar-refractivity contribution is 0.189. The molecule has 0 spiro atoms. The van der Waals surface area contributed by atoms with E-state index in [2.05, 4.69) is 10.6 Å². The summed E-state index contributed by atoms with van der Waals surface area (Å²) in [5.41, 5.74) is 5.78. The highest BCUT2D eigenvalue weighted by molar-refractivity contribution is 5.91. The zero-order chi connectivity index (χ0) is 14.4. The van der Waals surface area contributed by atoms with Gasteiger partial charge >= 0.3 is 6.03 Å². The van der Waals surface area contributed by atoms with Gasteiger partial charge in [-0.25, -0.2) is 4.79 Å². The second kappa shape index (κ2) is 6.76. The molecule has 1 unspecified atom stereocenters. The molecule has 1 heterocycles. The highest BCUT2D eigenvalue weighted by Gasteiger charge is 2.18. The van der Waals surface area contributed by atoms with Gasteiger partial charge in [0.2, 0.25) is 0 Å². The van der Waals surface area contributed by atoms with E-state index in [1.807, 2.05) is 0 Å². The van der Waals surface area contributed by atoms with Gasteiger partial charge in [-0.1, -0.05) is 12.1 Å². The molecule has 1 aromatic carbocycles. The van der Waals surface area contributed by atoms with E-state index in [-0.39, 0.29) is 24.5 Å². The fourth-order valence-corrected chi connectivity index (χ4v) is 1.84. The lowest BCUT2D eigenvalue weighted by atomic mass is 10.2. The number of anilines is 1. The third kappa shape index (κ3) is 4.13. The van der Waals surface area contributed by atoms with Gasteiger partial charge in [0.25, 0.3) is 0 Å². The number of rotatable bonds is 5. The van der Waals surface area contributed by atoms with Gasteiger partial charge in [-0.05, 0) is 18.6 Å². The van der Waals surface area contributed by atoms with E-state index in [0.29, 0.717) is 24.7 Å². The van der Waals surface area contributed by atoms with Crippen molar-refractivity contribution in [1.29, 1.82) is 5.41 Å². The molecule has 0 saturated carbocycles. The maximum atomic E-state index is 11.9. The molecule has 0 radical (unpaired) electrons. The molecule has 1 aliphatic heterocycles. The summed E-state index contributed by atoms with van der Waals surface area (Å²) in [6.45, 7) is 1.19. The molecule has 20 heavy (non-hydrogen) atoms. The number of ether oxygens (including phenoxy) is 2. The minimum absolute atomic E-state index is 0.0171. The molecule has 2 amide bonds. The predicted molar refractivity (Wildman–Crippen MR) is 75.2 cm³/mol. The number of urea groups is 1. The Morgan fingerprint density at radius 1 is 1.50 bits per heavy atom. The average molecular weight is 278 g/mol. The number of benzene rings is 1. The lowest BCUT2D eigenvalue weighted by Gasteiger charge is -2.14. The molecule has 0 aromatic heterocycles. The molecule has 1 aromatic rings. The van der Waals surface area contributed by atoms with Crippen molar-refractivity contribution in [2.24, 2.45) is 5.73 Å². The molecular weight excluding hydrogens is 260 g/mol. The molecule has 1 aliphatic rings. The standard InChI is InChI=1S/C13H18N4O3/c14-12(15)8-20-11-4-2-1-3-10(11)17-13(18)16-9-5-6-19-7-9/h1-4,9H,5-8H2,(H3,14,15)(H2,16,17,18). The smallest absolute Gasteiger partial charge is 0.319 e. The number of carbonyl (C=O) groups excluding carboxylic acids is 1. The Bertz CT molecular complexity index is 486. The highest BCUT2D eigenvalue weighted by atomic mass is 16.5. The molecule has 7 nitrogen and oxygen atoms in total. The van der Waals surface area contributed by atoms with Gasteiger partial charge in [0.1, 0.15) is 18.2 Å². The number of para-hydroxylation sites is 2. The van der Waals surface area contributed by atoms with Crippen LogP contribution in [0.1, 0.15) is 6.42 Å². The van der Waals surface area contributed by atoms with Crippen LogP contribution in [0.3, 0.4) is 0 Å². The molecule has 0 aliphatic carbocycles. The second-order valence-electron chi connectivity index (χ2n) is 4.47. The van der Waals surface area contributed by atoms with Crippen LogP contribution in [0.5, 0.6) is 5.75 Å². The van der Waals surface area contributed by atoms with Crippen LogP contribution in [0.15, 0.2) is 24.3 Å². The summed E-state index contributed by atoms with van der Waals surface area (Å²) in [5, 5.41) is 12.7. The minimum atomic E-state index is -0.306. The molecule has 2 rings (SSSR count). The highest BCUT2D eigenvalue weighted by Crippen LogP contribution is 2.23. The van der Waals surface area contributed by atoms with Crippen LogP contribution in [0.25, 0.3) is 0 Å². The third-order valence-electron chi connectivity index (χ3n) is 2.78. The van der Waals surface area contributed by atoms with Crippen molar-refractivity contribution in [3.05, 3.63) is 24.3 Å². The van der Waals surface area contributed by atoms with Gasteiger partial charge < -0.3 is 25.8 Å². The van der Waals surface area contributed by atoms with Crippen LogP contribution in [-0.4, -0.2) is 37.7 Å². The van der Waals surface area contributed by atoms with Crippen molar-refractivity contribution < 1.29 is 14.3 Å². The summed E-state index contributed by atoms with van der Waals surface area (Å²) < 4.78 is 10.5. The summed E-state index contributed by atoms with van der Waals surface area (Å²) >= 11 is 0. The Morgan fingerprint density at radius 2 is 2.30 bits per heavy atom. The number of carbonyl (C=O) groups is 1. The summed E-state index contributed by atoms with van der Waals surface area (Å²) in [5.74, 6) is 0.396. The van der Waals surface area contributed by atoms with Crippen molar-refractivity contribution in [1.82, 2.24) is 5.32 Å². The number of hydrogen-bond donors (Lipinski definition) is 4. The third-order valence-corrected chi connectivity index (χ3v) is 2.78. The fraction of sp³-hybridized carbons (Fsp3) is 0.385. The largest absolute Gasteiger partial charge is 0.484 e. The van der Waals surface area contributed by atoms with Crippen LogP contribution < -0.4 is 21.1 Å². The van der Waals surface area contributed by atoms with E-state index in [0.717, 1.165) is 6.42 Å². The lowest BCUT2D eigenvalue weighted by Crippen LogP contribution is -2.38. The maximum Gasteiger partial charge on any atom is 0.319 e. The Labute approximate surface area is 116 Å². The Morgan fingerprint density at radius 3 is 3.00 bits per heavy atom. The number of nitrogens with one attached hydrogen (secondary N) is 3. The van der Waals surface area contributed by atoms with E-state index in [1.54, 1.807) is 24.3 Å². The molecular formula is C13H18N4O3. The van der Waals surface area contributed by atoms with Crippen LogP contribution in [0.2, 0.25) is 0 Å². The molecule has 108 valence electrons. The molecule has 0 bridgehead atoms. The fourth-order valence-electron chi connectivity index (χ4n) is 1.84. The first kappa shape index (κ1) is 14.1. The SMILES string of the molecule is N=C(N)COc1ccccc1NC(=O)NC1CCOC1. The van der Waals surface area contributed by atoms with Crippen LogP contribution in [0, 0.1) is 5.41 Å². The second-order valence-corrected chi connectivity index (χ2v) is 4.47. The summed E-state index contributed by atoms with van der Waals surface area (Å²) in [7, 11) is 0. The Balaban J connectivity index is 1.93. The summed E-state index contributed by atoms with van der Waals surface area (Å²) in [6, 6.07) is 6.73. The summed E-state index contributed by atoms with van der Waals surface area (Å²) in [4.78, 5) is 11.9. The van der Waals surface area contributed by atoms with Gasteiger partial charge in [-0.15, -0.1) is 0 Å². The van der Waals surface area contributed by atoms with Crippen LogP contribution in [0.4, 0.5) is 10.5 Å². The van der Waals surface area contributed by atoms with Gasteiger partial charge in [-0.2, -0.15) is 0 Å². The van der Waals surface area contributed by atoms with Crippen molar-refractivity contribution in [2.45, 2.75) is 12.5 Å². The van der Waals surface area contributed by atoms with Gasteiger partial charge in [0.05, 0.1) is 18.3 Å². The number of nitrogens with two attached hydrogens (primary N) is 1. The Kier molecular flexibility index (Phi) is 4.78. The summed E-state index contributed by atoms with van der Waals surface area (Å²) in [6.07, 6.45) is 0.815. The zero-order valence-corrected chi connectivity index (χ0v) is 11.0. The van der Waals surface area contributed by atoms with E-state index in [9.17, 15) is 4.79 Å². The van der Waals surface area contributed by atoms with E-state index < -0.39 is 0 Å². The number of amides is 2. The molecule has 1 atom stereocenters. The van der Waals surface area contributed by atoms with Crippen molar-refractivity contribution in [3.63, 3.8) is 0 Å². The first-order valence-corrected chi connectivity index (χ1v) is 6.35. The quantitative estimate of drug-likeness (QED) is 0.474. The van der Waals surface area contributed by atoms with Gasteiger partial charge in [0, 0.05) is 6.61 Å². The first-order chi connectivity index (χ1) is 9.65. The molecule has 5 N–H and O–H groups in total. The Hall–Kier alpha value is -2.28. The molecule has 7 heteroatoms. The van der Waals surface area contributed by atoms with Gasteiger partial charge in [0.15, 0.2) is 0 Å². The maximum absolute atomic E-state index is 11.9. The van der Waals surface area contributed by atoms with Gasteiger partial charge in [-0.3, -0.25) is 5.41 Å².